The van der Waals surface area contributed by atoms with Gasteiger partial charge in [0.1, 0.15) is 0 Å². The Morgan fingerprint density at radius 3 is 2.41 bits per heavy atom. The van der Waals surface area contributed by atoms with Crippen molar-refractivity contribution in [2.75, 3.05) is 20.8 Å². The second-order valence-corrected chi connectivity index (χ2v) is 8.67. The van der Waals surface area contributed by atoms with Gasteiger partial charge in [-0.3, -0.25) is 0 Å². The van der Waals surface area contributed by atoms with Gasteiger partial charge in [-0.1, -0.05) is 54.1 Å². The lowest BCUT2D eigenvalue weighted by Gasteiger charge is -2.24. The number of thioether (sulfide) groups is 1. The Morgan fingerprint density at radius 1 is 0.897 bits per heavy atom. The highest BCUT2D eigenvalue weighted by molar-refractivity contribution is 8.00. The Labute approximate surface area is 180 Å². The number of aliphatic hydroxyl groups is 1. The van der Waals surface area contributed by atoms with Crippen LogP contribution in [0.3, 0.4) is 0 Å². The van der Waals surface area contributed by atoms with E-state index >= 15 is 0 Å². The molecule has 2 atom stereocenters. The summed E-state index contributed by atoms with van der Waals surface area (Å²) in [5.74, 6) is 1.43. The Balaban J connectivity index is 1.98. The molecular weight excluding hydrogens is 404 g/mol. The lowest BCUT2D eigenvalue weighted by Crippen LogP contribution is -2.04. The van der Waals surface area contributed by atoms with E-state index in [9.17, 15) is 5.11 Å². The summed E-state index contributed by atoms with van der Waals surface area (Å²) >= 11 is 8.25. The van der Waals surface area contributed by atoms with Crippen molar-refractivity contribution in [3.8, 4) is 22.6 Å². The first-order chi connectivity index (χ1) is 14.2. The number of rotatable bonds is 5. The molecule has 0 spiro atoms. The van der Waals surface area contributed by atoms with Gasteiger partial charge in [0.05, 0.1) is 19.5 Å². The monoisotopic (exact) mass is 426 g/mol. The summed E-state index contributed by atoms with van der Waals surface area (Å²) in [6.45, 7) is 0.130. The van der Waals surface area contributed by atoms with Gasteiger partial charge < -0.3 is 14.6 Å². The van der Waals surface area contributed by atoms with E-state index < -0.39 is 0 Å². The van der Waals surface area contributed by atoms with Crippen LogP contribution in [-0.4, -0.2) is 25.9 Å². The summed E-state index contributed by atoms with van der Waals surface area (Å²) in [5.41, 5.74) is 5.76. The van der Waals surface area contributed by atoms with E-state index in [1.54, 1.807) is 14.2 Å². The highest BCUT2D eigenvalue weighted by Gasteiger charge is 2.32. The van der Waals surface area contributed by atoms with Crippen LogP contribution in [0.5, 0.6) is 11.5 Å². The Morgan fingerprint density at radius 2 is 1.66 bits per heavy atom. The molecule has 1 N–H and O–H groups in total. The molecule has 3 aromatic rings. The molecule has 0 radical (unpaired) electrons. The smallest absolute Gasteiger partial charge is 0.165 e. The Hall–Kier alpha value is -2.14. The maximum Gasteiger partial charge on any atom is 0.165 e. The summed E-state index contributed by atoms with van der Waals surface area (Å²) in [6.07, 6.45) is 0.673. The van der Waals surface area contributed by atoms with Crippen LogP contribution in [0.1, 0.15) is 33.6 Å². The second kappa shape index (κ2) is 8.70. The van der Waals surface area contributed by atoms with Crippen molar-refractivity contribution >= 4 is 23.4 Å². The van der Waals surface area contributed by atoms with E-state index in [1.807, 2.05) is 36.0 Å². The molecule has 1 heterocycles. The molecular formula is C24H23ClO3S. The molecule has 3 aromatic carbocycles. The maximum atomic E-state index is 9.76. The minimum atomic E-state index is -0.0160. The standard InChI is InChI=1S/C24H23ClO3S/c1-27-21-9-5-8-19(23(21)28-2)24-20-14-15(25)10-11-17(20)16-6-3-4-7-18(16)22(29-24)12-13-26/h3-11,14,22,24,26H,12-13H2,1-2H3/t22-,24-/m0/s1. The first-order valence-corrected chi connectivity index (χ1v) is 10.9. The lowest BCUT2D eigenvalue weighted by molar-refractivity contribution is 0.287. The van der Waals surface area contributed by atoms with E-state index in [-0.39, 0.29) is 17.1 Å². The highest BCUT2D eigenvalue weighted by atomic mass is 35.5. The maximum absolute atomic E-state index is 9.76. The molecule has 1 aliphatic heterocycles. The Bertz CT molecular complexity index is 1020. The molecule has 4 rings (SSSR count). The molecule has 0 aliphatic carbocycles. The average molecular weight is 427 g/mol. The number of benzene rings is 3. The third-order valence-electron chi connectivity index (χ3n) is 5.30. The van der Waals surface area contributed by atoms with Crippen LogP contribution in [-0.2, 0) is 0 Å². The molecule has 1 aliphatic rings. The summed E-state index contributed by atoms with van der Waals surface area (Å²) in [5, 5.41) is 10.6. The van der Waals surface area contributed by atoms with Crippen LogP contribution in [0, 0.1) is 0 Å². The van der Waals surface area contributed by atoms with Gasteiger partial charge in [0.25, 0.3) is 0 Å². The van der Waals surface area contributed by atoms with Crippen LogP contribution >= 0.6 is 23.4 Å². The Kier molecular flexibility index (Phi) is 6.04. The number of aliphatic hydroxyl groups excluding tert-OH is 1. The van der Waals surface area contributed by atoms with Crippen molar-refractivity contribution in [1.82, 2.24) is 0 Å². The van der Waals surface area contributed by atoms with E-state index in [1.165, 1.54) is 11.1 Å². The first kappa shape index (κ1) is 20.1. The normalized spacial score (nSPS) is 17.8. The molecule has 150 valence electrons. The molecule has 0 saturated carbocycles. The van der Waals surface area contributed by atoms with Crippen LogP contribution < -0.4 is 9.47 Å². The van der Waals surface area contributed by atoms with Crippen molar-refractivity contribution in [3.05, 3.63) is 82.4 Å². The molecule has 5 heteroatoms. The molecule has 0 unspecified atom stereocenters. The van der Waals surface area contributed by atoms with Gasteiger partial charge in [-0.15, -0.1) is 11.8 Å². The van der Waals surface area contributed by atoms with Gasteiger partial charge in [0.15, 0.2) is 11.5 Å². The van der Waals surface area contributed by atoms with Crippen molar-refractivity contribution in [2.24, 2.45) is 0 Å². The SMILES string of the molecule is COc1cccc([C@@H]2S[C@@H](CCO)c3ccccc3-c3ccc(Cl)cc32)c1OC. The van der Waals surface area contributed by atoms with Crippen molar-refractivity contribution in [3.63, 3.8) is 0 Å². The van der Waals surface area contributed by atoms with Gasteiger partial charge in [-0.25, -0.2) is 0 Å². The first-order valence-electron chi connectivity index (χ1n) is 9.54. The third-order valence-corrected chi connectivity index (χ3v) is 7.13. The second-order valence-electron chi connectivity index (χ2n) is 6.92. The topological polar surface area (TPSA) is 38.7 Å². The zero-order valence-corrected chi connectivity index (χ0v) is 18.0. The molecule has 0 amide bonds. The van der Waals surface area contributed by atoms with Crippen molar-refractivity contribution in [1.29, 1.82) is 0 Å². The number of fused-ring (bicyclic) bond motifs is 3. The number of halogens is 1. The number of para-hydroxylation sites is 1. The summed E-state index contributed by atoms with van der Waals surface area (Å²) in [7, 11) is 3.32. The molecule has 0 aromatic heterocycles. The van der Waals surface area contributed by atoms with Crippen LogP contribution in [0.15, 0.2) is 60.7 Å². The highest BCUT2D eigenvalue weighted by Crippen LogP contribution is 2.56. The molecule has 0 saturated heterocycles. The minimum absolute atomic E-state index is 0.0160. The third kappa shape index (κ3) is 3.73. The van der Waals surface area contributed by atoms with E-state index in [4.69, 9.17) is 21.1 Å². The molecule has 29 heavy (non-hydrogen) atoms. The zero-order chi connectivity index (χ0) is 20.4. The molecule has 0 fully saturated rings. The van der Waals surface area contributed by atoms with E-state index in [2.05, 4.69) is 36.4 Å². The number of methoxy groups -OCH3 is 2. The minimum Gasteiger partial charge on any atom is -0.493 e. The largest absolute Gasteiger partial charge is 0.493 e. The quantitative estimate of drug-likeness (QED) is 0.520. The van der Waals surface area contributed by atoms with Gasteiger partial charge in [-0.2, -0.15) is 0 Å². The van der Waals surface area contributed by atoms with Crippen LogP contribution in [0.2, 0.25) is 5.02 Å². The fourth-order valence-electron chi connectivity index (χ4n) is 4.03. The fourth-order valence-corrected chi connectivity index (χ4v) is 5.81. The summed E-state index contributed by atoms with van der Waals surface area (Å²) < 4.78 is 11.3. The fraction of sp³-hybridized carbons (Fsp3) is 0.250. The number of ether oxygens (including phenoxy) is 2. The van der Waals surface area contributed by atoms with Crippen molar-refractivity contribution < 1.29 is 14.6 Å². The number of hydrogen-bond donors (Lipinski definition) is 1. The summed E-state index contributed by atoms with van der Waals surface area (Å²) in [6, 6.07) is 20.5. The molecule has 0 bridgehead atoms. The van der Waals surface area contributed by atoms with Gasteiger partial charge in [-0.05, 0) is 46.9 Å². The van der Waals surface area contributed by atoms with Gasteiger partial charge in [0.2, 0.25) is 0 Å². The predicted molar refractivity (Wildman–Crippen MR) is 120 cm³/mol. The lowest BCUT2D eigenvalue weighted by atomic mass is 9.90. The van der Waals surface area contributed by atoms with Crippen LogP contribution in [0.4, 0.5) is 0 Å². The van der Waals surface area contributed by atoms with Crippen LogP contribution in [0.25, 0.3) is 11.1 Å². The number of hydrogen-bond acceptors (Lipinski definition) is 4. The predicted octanol–water partition coefficient (Wildman–Crippen LogP) is 6.28. The summed E-state index contributed by atoms with van der Waals surface area (Å²) in [4.78, 5) is 0. The van der Waals surface area contributed by atoms with Gasteiger partial charge in [0, 0.05) is 22.4 Å². The van der Waals surface area contributed by atoms with Gasteiger partial charge >= 0.3 is 0 Å². The molecule has 3 nitrogen and oxygen atoms in total. The zero-order valence-electron chi connectivity index (χ0n) is 16.4. The average Bonchev–Trinajstić information content (AvgIpc) is 2.88. The van der Waals surface area contributed by atoms with E-state index in [0.717, 1.165) is 22.4 Å². The van der Waals surface area contributed by atoms with Crippen molar-refractivity contribution in [2.45, 2.75) is 16.9 Å². The van der Waals surface area contributed by atoms with E-state index in [0.29, 0.717) is 17.2 Å².